The molecule has 0 N–H and O–H groups in total. The Bertz CT molecular complexity index is 3800. The third kappa shape index (κ3) is 5.81. The molecule has 1 aliphatic rings. The van der Waals surface area contributed by atoms with Crippen LogP contribution in [0.1, 0.15) is 25.0 Å². The van der Waals surface area contributed by atoms with Crippen LogP contribution in [0.4, 0.5) is 17.1 Å². The van der Waals surface area contributed by atoms with Gasteiger partial charge in [0.25, 0.3) is 0 Å². The number of nitrogens with zero attached hydrogens (tertiary/aromatic N) is 2. The lowest BCUT2D eigenvalue weighted by atomic mass is 9.82. The second-order valence-corrected chi connectivity index (χ2v) is 18.1. The Morgan fingerprint density at radius 2 is 0.785 bits per heavy atom. The first-order chi connectivity index (χ1) is 32.0. The summed E-state index contributed by atoms with van der Waals surface area (Å²) in [4.78, 5) is 2.44. The Hall–Kier alpha value is -8.20. The molecule has 11 aromatic carbocycles. The predicted molar refractivity (Wildman–Crippen MR) is 276 cm³/mol. The van der Waals surface area contributed by atoms with Gasteiger partial charge in [0.1, 0.15) is 0 Å². The molecule has 1 heterocycles. The van der Waals surface area contributed by atoms with Crippen molar-refractivity contribution in [2.45, 2.75) is 19.3 Å². The van der Waals surface area contributed by atoms with E-state index in [0.717, 1.165) is 17.1 Å². The van der Waals surface area contributed by atoms with Gasteiger partial charge in [-0.15, -0.1) is 0 Å². The normalized spacial score (nSPS) is 12.9. The van der Waals surface area contributed by atoms with E-state index in [9.17, 15) is 0 Å². The number of hydrogen-bond donors (Lipinski definition) is 0. The molecule has 0 radical (unpaired) electrons. The average Bonchev–Trinajstić information content (AvgIpc) is 3.82. The van der Waals surface area contributed by atoms with Crippen LogP contribution in [0.15, 0.2) is 231 Å². The Morgan fingerprint density at radius 1 is 0.308 bits per heavy atom. The number of hydrogen-bond acceptors (Lipinski definition) is 1. The molecule has 306 valence electrons. The summed E-state index contributed by atoms with van der Waals surface area (Å²) in [6, 6.07) is 85.1. The zero-order valence-electron chi connectivity index (χ0n) is 36.3. The van der Waals surface area contributed by atoms with Crippen LogP contribution in [-0.2, 0) is 5.41 Å². The SMILES string of the molecule is CC1(C)c2ccccc2-c2ccc(N(c3ccc(-c4ccc(-c5ccc6c(c5)c5ccccc5n6-c5ccccc5)cc4)cc3)c3ccc4c5ccccc5c5ccccc5c4c3)cc21. The quantitative estimate of drug-likeness (QED) is 0.152. The second kappa shape index (κ2) is 14.4. The van der Waals surface area contributed by atoms with Crippen LogP contribution in [-0.4, -0.2) is 4.57 Å². The Labute approximate surface area is 378 Å². The molecule has 0 bridgehead atoms. The molecule has 13 rings (SSSR count). The first kappa shape index (κ1) is 37.4. The molecule has 2 nitrogen and oxygen atoms in total. The molecule has 12 aromatic rings. The topological polar surface area (TPSA) is 8.17 Å². The molecule has 0 aliphatic heterocycles. The van der Waals surface area contributed by atoms with Gasteiger partial charge in [-0.3, -0.25) is 0 Å². The van der Waals surface area contributed by atoms with Crippen molar-refractivity contribution in [3.63, 3.8) is 0 Å². The zero-order valence-corrected chi connectivity index (χ0v) is 36.3. The van der Waals surface area contributed by atoms with Gasteiger partial charge in [-0.1, -0.05) is 178 Å². The zero-order chi connectivity index (χ0) is 43.2. The lowest BCUT2D eigenvalue weighted by Gasteiger charge is -2.28. The highest BCUT2D eigenvalue weighted by Crippen LogP contribution is 2.51. The highest BCUT2D eigenvalue weighted by atomic mass is 15.1. The lowest BCUT2D eigenvalue weighted by molar-refractivity contribution is 0.660. The van der Waals surface area contributed by atoms with Gasteiger partial charge in [0.05, 0.1) is 11.0 Å². The van der Waals surface area contributed by atoms with E-state index in [2.05, 4.69) is 254 Å². The summed E-state index contributed by atoms with van der Waals surface area (Å²) in [5.74, 6) is 0. The van der Waals surface area contributed by atoms with Crippen LogP contribution in [0.25, 0.3) is 93.2 Å². The summed E-state index contributed by atoms with van der Waals surface area (Å²) < 4.78 is 2.37. The summed E-state index contributed by atoms with van der Waals surface area (Å²) in [7, 11) is 0. The van der Waals surface area contributed by atoms with Crippen molar-refractivity contribution in [1.29, 1.82) is 0 Å². The number of anilines is 3. The fourth-order valence-corrected chi connectivity index (χ4v) is 11.0. The molecule has 0 fully saturated rings. The maximum absolute atomic E-state index is 2.44. The first-order valence-corrected chi connectivity index (χ1v) is 22.7. The van der Waals surface area contributed by atoms with Crippen molar-refractivity contribution in [1.82, 2.24) is 4.57 Å². The van der Waals surface area contributed by atoms with Crippen LogP contribution in [0, 0.1) is 0 Å². The van der Waals surface area contributed by atoms with Crippen molar-refractivity contribution in [3.05, 3.63) is 242 Å². The van der Waals surface area contributed by atoms with E-state index in [-0.39, 0.29) is 5.41 Å². The third-order valence-corrected chi connectivity index (χ3v) is 14.2. The molecular formula is C63H44N2. The highest BCUT2D eigenvalue weighted by molar-refractivity contribution is 6.26. The van der Waals surface area contributed by atoms with Crippen molar-refractivity contribution in [2.75, 3.05) is 4.90 Å². The predicted octanol–water partition coefficient (Wildman–Crippen LogP) is 17.4. The van der Waals surface area contributed by atoms with Gasteiger partial charge in [0, 0.05) is 38.9 Å². The molecule has 1 aromatic heterocycles. The molecule has 0 saturated heterocycles. The van der Waals surface area contributed by atoms with E-state index in [1.54, 1.807) is 0 Å². The standard InChI is InChI=1S/C63H44N2/c1-63(2)59-22-12-10-20-54(59)55-36-34-48(40-60(55)63)64(47-33-35-53-51-18-7-6-16-49(51)50-17-8-9-19-52(50)57(53)39-47)46-31-28-42(29-32-46)41-24-26-43(27-25-41)44-30-37-62-58(38-44)56-21-11-13-23-61(56)65(62)45-14-4-3-5-15-45/h3-40H,1-2H3. The van der Waals surface area contributed by atoms with Gasteiger partial charge in [-0.2, -0.15) is 0 Å². The van der Waals surface area contributed by atoms with E-state index in [1.807, 2.05) is 0 Å². The van der Waals surface area contributed by atoms with Gasteiger partial charge in [-0.25, -0.2) is 0 Å². The fourth-order valence-electron chi connectivity index (χ4n) is 11.0. The minimum absolute atomic E-state index is 0.116. The Balaban J connectivity index is 0.896. The van der Waals surface area contributed by atoms with Crippen LogP contribution < -0.4 is 4.90 Å². The summed E-state index contributed by atoms with van der Waals surface area (Å²) in [5, 5.41) is 10.2. The van der Waals surface area contributed by atoms with Gasteiger partial charge in [0.15, 0.2) is 0 Å². The fraction of sp³-hybridized carbons (Fsp3) is 0.0476. The molecule has 0 saturated carbocycles. The molecule has 2 heteroatoms. The monoisotopic (exact) mass is 828 g/mol. The van der Waals surface area contributed by atoms with Crippen LogP contribution >= 0.6 is 0 Å². The smallest absolute Gasteiger partial charge is 0.0541 e. The van der Waals surface area contributed by atoms with Gasteiger partial charge >= 0.3 is 0 Å². The molecule has 1 aliphatic carbocycles. The maximum Gasteiger partial charge on any atom is 0.0541 e. The summed E-state index contributed by atoms with van der Waals surface area (Å²) >= 11 is 0. The number of fused-ring (bicyclic) bond motifs is 12. The molecule has 0 atom stereocenters. The lowest BCUT2D eigenvalue weighted by Crippen LogP contribution is -2.16. The minimum atomic E-state index is -0.116. The highest BCUT2D eigenvalue weighted by Gasteiger charge is 2.35. The van der Waals surface area contributed by atoms with Gasteiger partial charge < -0.3 is 9.47 Å². The number of benzene rings is 11. The van der Waals surface area contributed by atoms with Gasteiger partial charge in [-0.05, 0) is 144 Å². The third-order valence-electron chi connectivity index (χ3n) is 14.2. The summed E-state index contributed by atoms with van der Waals surface area (Å²) in [5.41, 5.74) is 17.1. The van der Waals surface area contributed by atoms with Crippen molar-refractivity contribution >= 4 is 71.2 Å². The van der Waals surface area contributed by atoms with Crippen LogP contribution in [0.3, 0.4) is 0 Å². The minimum Gasteiger partial charge on any atom is -0.310 e. The largest absolute Gasteiger partial charge is 0.310 e. The van der Waals surface area contributed by atoms with Crippen LogP contribution in [0.2, 0.25) is 0 Å². The van der Waals surface area contributed by atoms with E-state index in [4.69, 9.17) is 0 Å². The van der Waals surface area contributed by atoms with E-state index in [0.29, 0.717) is 0 Å². The van der Waals surface area contributed by atoms with Gasteiger partial charge in [0.2, 0.25) is 0 Å². The van der Waals surface area contributed by atoms with Crippen molar-refractivity contribution in [2.24, 2.45) is 0 Å². The Morgan fingerprint density at radius 3 is 1.49 bits per heavy atom. The van der Waals surface area contributed by atoms with E-state index >= 15 is 0 Å². The maximum atomic E-state index is 2.44. The molecular weight excluding hydrogens is 785 g/mol. The van der Waals surface area contributed by atoms with E-state index < -0.39 is 0 Å². The average molecular weight is 829 g/mol. The number of para-hydroxylation sites is 2. The number of aromatic nitrogens is 1. The molecule has 0 unspecified atom stereocenters. The van der Waals surface area contributed by atoms with Crippen molar-refractivity contribution < 1.29 is 0 Å². The number of rotatable bonds is 6. The van der Waals surface area contributed by atoms with E-state index in [1.165, 1.54) is 104 Å². The second-order valence-electron chi connectivity index (χ2n) is 18.1. The Kier molecular flexibility index (Phi) is 8.29. The van der Waals surface area contributed by atoms with Crippen LogP contribution in [0.5, 0.6) is 0 Å². The summed E-state index contributed by atoms with van der Waals surface area (Å²) in [6.45, 7) is 4.73. The molecule has 65 heavy (non-hydrogen) atoms. The van der Waals surface area contributed by atoms with Crippen molar-refractivity contribution in [3.8, 4) is 39.1 Å². The summed E-state index contributed by atoms with van der Waals surface area (Å²) in [6.07, 6.45) is 0. The molecule has 0 spiro atoms. The first-order valence-electron chi connectivity index (χ1n) is 22.7. The molecule has 0 amide bonds.